The molecule has 0 unspecified atom stereocenters. The van der Waals surface area contributed by atoms with E-state index in [4.69, 9.17) is 4.74 Å². The van der Waals surface area contributed by atoms with Crippen molar-refractivity contribution in [1.29, 1.82) is 0 Å². The zero-order valence-corrected chi connectivity index (χ0v) is 17.6. The van der Waals surface area contributed by atoms with Crippen LogP contribution in [0.2, 0.25) is 0 Å². The number of rotatable bonds is 5. The minimum atomic E-state index is -0.228. The van der Waals surface area contributed by atoms with Gasteiger partial charge in [0.25, 0.3) is 5.91 Å². The molecule has 1 aliphatic rings. The van der Waals surface area contributed by atoms with Crippen LogP contribution >= 0.6 is 31.9 Å². The number of carbonyl (C=O) groups excluding carboxylic acids is 1. The largest absolute Gasteiger partial charge is 0.483 e. The van der Waals surface area contributed by atoms with E-state index in [-0.39, 0.29) is 12.5 Å². The third-order valence-corrected chi connectivity index (χ3v) is 5.22. The topological polar surface area (TPSA) is 57.7 Å². The first-order valence-electron chi connectivity index (χ1n) is 8.28. The fourth-order valence-electron chi connectivity index (χ4n) is 2.62. The summed E-state index contributed by atoms with van der Waals surface area (Å²) in [5, 5.41) is 2.80. The van der Waals surface area contributed by atoms with Gasteiger partial charge in [0.05, 0.1) is 16.4 Å². The van der Waals surface area contributed by atoms with Gasteiger partial charge in [0, 0.05) is 30.7 Å². The number of benzene rings is 1. The van der Waals surface area contributed by atoms with Gasteiger partial charge in [-0.25, -0.2) is 4.98 Å². The van der Waals surface area contributed by atoms with Crippen LogP contribution in [-0.2, 0) is 4.79 Å². The van der Waals surface area contributed by atoms with Crippen LogP contribution in [0.4, 0.5) is 11.5 Å². The van der Waals surface area contributed by atoms with Crippen molar-refractivity contribution in [2.75, 3.05) is 50.1 Å². The maximum atomic E-state index is 12.1. The van der Waals surface area contributed by atoms with Crippen molar-refractivity contribution >= 4 is 49.3 Å². The fourth-order valence-corrected chi connectivity index (χ4v) is 3.78. The number of carbonyl (C=O) groups is 1. The maximum Gasteiger partial charge on any atom is 0.262 e. The van der Waals surface area contributed by atoms with Gasteiger partial charge in [-0.3, -0.25) is 4.79 Å². The van der Waals surface area contributed by atoms with Crippen molar-refractivity contribution in [2.24, 2.45) is 0 Å². The van der Waals surface area contributed by atoms with Gasteiger partial charge in [0.15, 0.2) is 6.61 Å². The second-order valence-corrected chi connectivity index (χ2v) is 7.88. The molecule has 2 heterocycles. The molecular formula is C18H20Br2N4O2. The zero-order chi connectivity index (χ0) is 18.5. The van der Waals surface area contributed by atoms with E-state index < -0.39 is 0 Å². The number of nitrogens with one attached hydrogen (secondary N) is 1. The average molecular weight is 484 g/mol. The van der Waals surface area contributed by atoms with E-state index in [2.05, 4.69) is 59.0 Å². The number of aromatic nitrogens is 1. The third kappa shape index (κ3) is 5.18. The quantitative estimate of drug-likeness (QED) is 0.706. The molecule has 1 saturated heterocycles. The van der Waals surface area contributed by atoms with Crippen molar-refractivity contribution in [3.63, 3.8) is 0 Å². The molecule has 0 spiro atoms. The number of amides is 1. The fraction of sp³-hybridized carbons (Fsp3) is 0.333. The van der Waals surface area contributed by atoms with E-state index >= 15 is 0 Å². The first kappa shape index (κ1) is 19.1. The summed E-state index contributed by atoms with van der Waals surface area (Å²) in [6, 6.07) is 9.34. The van der Waals surface area contributed by atoms with Gasteiger partial charge in [-0.15, -0.1) is 0 Å². The Hall–Kier alpha value is -1.64. The van der Waals surface area contributed by atoms with Gasteiger partial charge in [0.2, 0.25) is 0 Å². The minimum Gasteiger partial charge on any atom is -0.483 e. The molecule has 0 radical (unpaired) electrons. The smallest absolute Gasteiger partial charge is 0.262 e. The predicted octanol–water partition coefficient (Wildman–Crippen LogP) is 3.38. The Kier molecular flexibility index (Phi) is 6.50. The highest BCUT2D eigenvalue weighted by Crippen LogP contribution is 2.28. The Morgan fingerprint density at radius 2 is 1.96 bits per heavy atom. The molecule has 6 nitrogen and oxygen atoms in total. The number of halogens is 2. The van der Waals surface area contributed by atoms with Gasteiger partial charge >= 0.3 is 0 Å². The summed E-state index contributed by atoms with van der Waals surface area (Å²) >= 11 is 6.79. The molecule has 26 heavy (non-hydrogen) atoms. The molecule has 8 heteroatoms. The van der Waals surface area contributed by atoms with Gasteiger partial charge in [0.1, 0.15) is 11.6 Å². The van der Waals surface area contributed by atoms with E-state index in [1.54, 1.807) is 12.3 Å². The molecule has 1 N–H and O–H groups in total. The normalized spacial score (nSPS) is 15.0. The minimum absolute atomic E-state index is 0.0690. The van der Waals surface area contributed by atoms with E-state index in [0.717, 1.165) is 40.9 Å². The molecular weight excluding hydrogens is 464 g/mol. The molecule has 3 rings (SSSR count). The monoisotopic (exact) mass is 482 g/mol. The predicted molar refractivity (Wildman–Crippen MR) is 110 cm³/mol. The Morgan fingerprint density at radius 3 is 2.62 bits per heavy atom. The van der Waals surface area contributed by atoms with Crippen molar-refractivity contribution < 1.29 is 9.53 Å². The highest BCUT2D eigenvalue weighted by atomic mass is 79.9. The zero-order valence-electron chi connectivity index (χ0n) is 14.4. The highest BCUT2D eigenvalue weighted by Gasteiger charge is 2.15. The first-order valence-corrected chi connectivity index (χ1v) is 9.87. The number of pyridine rings is 1. The van der Waals surface area contributed by atoms with E-state index in [0.29, 0.717) is 11.4 Å². The number of anilines is 2. The average Bonchev–Trinajstić information content (AvgIpc) is 2.62. The lowest BCUT2D eigenvalue weighted by Gasteiger charge is -2.33. The van der Waals surface area contributed by atoms with Gasteiger partial charge in [-0.05, 0) is 53.3 Å². The van der Waals surface area contributed by atoms with E-state index in [1.165, 1.54) is 0 Å². The molecule has 1 aliphatic heterocycles. The van der Waals surface area contributed by atoms with Crippen LogP contribution in [0.25, 0.3) is 0 Å². The molecule has 1 amide bonds. The third-order valence-electron chi connectivity index (χ3n) is 4.11. The lowest BCUT2D eigenvalue weighted by atomic mass is 10.3. The van der Waals surface area contributed by atoms with Crippen molar-refractivity contribution in [1.82, 2.24) is 9.88 Å². The molecule has 1 aromatic carbocycles. The molecule has 138 valence electrons. The summed E-state index contributed by atoms with van der Waals surface area (Å²) in [4.78, 5) is 21.1. The van der Waals surface area contributed by atoms with E-state index in [9.17, 15) is 4.79 Å². The highest BCUT2D eigenvalue weighted by molar-refractivity contribution is 9.11. The van der Waals surface area contributed by atoms with Crippen LogP contribution in [0.1, 0.15) is 0 Å². The number of piperazine rings is 1. The molecule has 0 saturated carbocycles. The summed E-state index contributed by atoms with van der Waals surface area (Å²) in [5.41, 5.74) is 0.659. The van der Waals surface area contributed by atoms with Crippen LogP contribution in [0.3, 0.4) is 0 Å². The number of hydrogen-bond donors (Lipinski definition) is 1. The second kappa shape index (κ2) is 8.83. The number of nitrogens with zero attached hydrogens (tertiary/aromatic N) is 3. The summed E-state index contributed by atoms with van der Waals surface area (Å²) in [5.74, 6) is 1.33. The van der Waals surface area contributed by atoms with Crippen LogP contribution < -0.4 is 15.0 Å². The van der Waals surface area contributed by atoms with Gasteiger partial charge in [-0.1, -0.05) is 15.9 Å². The molecule has 2 aromatic rings. The molecule has 0 atom stereocenters. The van der Waals surface area contributed by atoms with Crippen molar-refractivity contribution in [2.45, 2.75) is 0 Å². The van der Waals surface area contributed by atoms with Crippen LogP contribution in [0.5, 0.6) is 5.75 Å². The van der Waals surface area contributed by atoms with Crippen LogP contribution in [-0.4, -0.2) is 55.6 Å². The van der Waals surface area contributed by atoms with Crippen molar-refractivity contribution in [3.8, 4) is 5.75 Å². The Morgan fingerprint density at radius 1 is 1.19 bits per heavy atom. The van der Waals surface area contributed by atoms with Gasteiger partial charge in [-0.2, -0.15) is 0 Å². The van der Waals surface area contributed by atoms with Crippen LogP contribution in [0.15, 0.2) is 45.5 Å². The molecule has 1 aromatic heterocycles. The number of hydrogen-bond acceptors (Lipinski definition) is 5. The van der Waals surface area contributed by atoms with Crippen molar-refractivity contribution in [3.05, 3.63) is 45.5 Å². The lowest BCUT2D eigenvalue weighted by Crippen LogP contribution is -2.44. The summed E-state index contributed by atoms with van der Waals surface area (Å²) in [6.07, 6.45) is 1.68. The maximum absolute atomic E-state index is 12.1. The Balaban J connectivity index is 1.51. The van der Waals surface area contributed by atoms with Crippen LogP contribution in [0, 0.1) is 0 Å². The number of ether oxygens (including phenoxy) is 1. The van der Waals surface area contributed by atoms with E-state index in [1.807, 2.05) is 24.3 Å². The Bertz CT molecular complexity index is 762. The first-order chi connectivity index (χ1) is 12.5. The molecule has 0 bridgehead atoms. The summed E-state index contributed by atoms with van der Waals surface area (Å²) in [7, 11) is 2.12. The summed E-state index contributed by atoms with van der Waals surface area (Å²) < 4.78 is 7.27. The SMILES string of the molecule is CN1CCN(c2ccc(NC(=O)COc3ccc(Br)cc3Br)cn2)CC1. The lowest BCUT2D eigenvalue weighted by molar-refractivity contribution is -0.118. The Labute approximate surface area is 169 Å². The molecule has 0 aliphatic carbocycles. The molecule has 1 fully saturated rings. The number of likely N-dealkylation sites (N-methyl/N-ethyl adjacent to an activating group) is 1. The summed E-state index contributed by atoms with van der Waals surface area (Å²) in [6.45, 7) is 3.92. The second-order valence-electron chi connectivity index (χ2n) is 6.11. The van der Waals surface area contributed by atoms with Gasteiger partial charge < -0.3 is 19.9 Å². The standard InChI is InChI=1S/C18H20Br2N4O2/c1-23-6-8-24(9-7-23)17-5-3-14(11-21-17)22-18(25)12-26-16-4-2-13(19)10-15(16)20/h2-5,10-11H,6-9,12H2,1H3,(H,22,25).